The Bertz CT molecular complexity index is 699. The minimum Gasteiger partial charge on any atom is -0.477 e. The number of aromatic nitrogens is 2. The molecule has 3 N–H and O–H groups in total. The molecule has 1 unspecified atom stereocenters. The Morgan fingerprint density at radius 3 is 2.81 bits per heavy atom. The molecule has 1 aromatic rings. The van der Waals surface area contributed by atoms with Crippen molar-refractivity contribution in [3.8, 4) is 0 Å². The van der Waals surface area contributed by atoms with Gasteiger partial charge < -0.3 is 10.8 Å². The zero-order valence-electron chi connectivity index (χ0n) is 10.8. The summed E-state index contributed by atoms with van der Waals surface area (Å²) < 4.78 is 0. The normalized spacial score (nSPS) is 24.7. The Hall–Kier alpha value is -1.36. The van der Waals surface area contributed by atoms with Crippen LogP contribution < -0.4 is 5.73 Å². The van der Waals surface area contributed by atoms with Crippen LogP contribution in [0.1, 0.15) is 10.0 Å². The summed E-state index contributed by atoms with van der Waals surface area (Å²) in [5.74, 6) is -1.18. The number of hydrogen-bond donors (Lipinski definition) is 2. The number of nitrogens with two attached hydrogens (primary N) is 1. The minimum atomic E-state index is -1.18. The molecule has 1 aromatic heterocycles. The first-order valence-corrected chi connectivity index (χ1v) is 8.20. The van der Waals surface area contributed by atoms with Crippen molar-refractivity contribution in [3.05, 3.63) is 21.3 Å². The van der Waals surface area contributed by atoms with Crippen molar-refractivity contribution in [3.63, 3.8) is 0 Å². The molecule has 2 atom stereocenters. The van der Waals surface area contributed by atoms with Gasteiger partial charge >= 0.3 is 5.97 Å². The number of thiocarbonyl (C=S) groups is 1. The molecule has 110 valence electrons. The molecule has 2 aliphatic rings. The maximum absolute atomic E-state index is 11.8. The van der Waals surface area contributed by atoms with Gasteiger partial charge in [0.2, 0.25) is 5.91 Å². The van der Waals surface area contributed by atoms with E-state index in [9.17, 15) is 14.7 Å². The molecular formula is C11H10N4O3S3. The number of thioether (sulfide) groups is 1. The second-order valence-corrected chi connectivity index (χ2v) is 7.22. The number of amides is 1. The summed E-state index contributed by atoms with van der Waals surface area (Å²) in [6.07, 6.45) is 0. The number of aliphatic carboxylic acids is 1. The highest BCUT2D eigenvalue weighted by Crippen LogP contribution is 2.40. The van der Waals surface area contributed by atoms with Gasteiger partial charge in [0.1, 0.15) is 22.1 Å². The van der Waals surface area contributed by atoms with Crippen molar-refractivity contribution in [2.24, 2.45) is 5.73 Å². The number of aryl methyl sites for hydroxylation is 1. The maximum Gasteiger partial charge on any atom is 0.353 e. The molecule has 0 aromatic carbocycles. The van der Waals surface area contributed by atoms with Gasteiger partial charge in [-0.1, -0.05) is 23.6 Å². The minimum absolute atomic E-state index is 0.0803. The van der Waals surface area contributed by atoms with Crippen molar-refractivity contribution in [2.45, 2.75) is 18.3 Å². The van der Waals surface area contributed by atoms with E-state index in [1.165, 1.54) is 28.0 Å². The summed E-state index contributed by atoms with van der Waals surface area (Å²) >= 11 is 8.05. The number of β-lactam (4-membered cyclic amide) rings is 1. The highest BCUT2D eigenvalue weighted by Gasteiger charge is 2.52. The molecule has 3 heterocycles. The first-order valence-electron chi connectivity index (χ1n) is 5.93. The van der Waals surface area contributed by atoms with Crippen molar-refractivity contribution >= 4 is 52.1 Å². The van der Waals surface area contributed by atoms with E-state index in [0.29, 0.717) is 21.2 Å². The Morgan fingerprint density at radius 2 is 2.24 bits per heavy atom. The molecule has 21 heavy (non-hydrogen) atoms. The molecule has 10 heteroatoms. The molecule has 0 spiro atoms. The lowest BCUT2D eigenvalue weighted by molar-refractivity contribution is -0.147. The fourth-order valence-corrected chi connectivity index (χ4v) is 4.59. The summed E-state index contributed by atoms with van der Waals surface area (Å²) in [4.78, 5) is 24.9. The van der Waals surface area contributed by atoms with Crippen LogP contribution in [0.15, 0.2) is 11.3 Å². The lowest BCUT2D eigenvalue weighted by atomic mass is 10.0. The standard InChI is InChI=1S/C11H10N4O3S3/c1-3-13-14-8(21-3)7(19)4-2-20-10-5(12)9(16)15(10)6(4)11(17)18/h5,10H,2,12H2,1H3,(H,17,18)/t5?,10-/m0/s1. The van der Waals surface area contributed by atoms with Crippen molar-refractivity contribution in [2.75, 3.05) is 5.75 Å². The average Bonchev–Trinajstić information content (AvgIpc) is 2.90. The topological polar surface area (TPSA) is 109 Å². The zero-order chi connectivity index (χ0) is 15.3. The monoisotopic (exact) mass is 342 g/mol. The van der Waals surface area contributed by atoms with Crippen LogP contribution in [-0.2, 0) is 9.59 Å². The predicted molar refractivity (Wildman–Crippen MR) is 82.1 cm³/mol. The number of carbonyl (C=O) groups is 2. The molecule has 1 saturated heterocycles. The SMILES string of the molecule is Cc1nnc(C(=S)C2=C(C(=O)O)N3C(=O)C(N)[C@@H]3SC2)s1. The van der Waals surface area contributed by atoms with E-state index in [0.717, 1.165) is 5.01 Å². The van der Waals surface area contributed by atoms with Crippen LogP contribution in [0.5, 0.6) is 0 Å². The van der Waals surface area contributed by atoms with Crippen LogP contribution in [0.2, 0.25) is 0 Å². The van der Waals surface area contributed by atoms with E-state index in [1.54, 1.807) is 6.92 Å². The molecular weight excluding hydrogens is 332 g/mol. The summed E-state index contributed by atoms with van der Waals surface area (Å²) in [7, 11) is 0. The third-order valence-electron chi connectivity index (χ3n) is 3.21. The Balaban J connectivity index is 2.04. The van der Waals surface area contributed by atoms with Crippen molar-refractivity contribution in [1.29, 1.82) is 0 Å². The fraction of sp³-hybridized carbons (Fsp3) is 0.364. The third kappa shape index (κ3) is 2.18. The number of carboxylic acid groups (broad SMARTS) is 1. The summed E-state index contributed by atoms with van der Waals surface area (Å²) in [6, 6.07) is -0.650. The van der Waals surface area contributed by atoms with Crippen LogP contribution in [0.25, 0.3) is 0 Å². The lowest BCUT2D eigenvalue weighted by Crippen LogP contribution is -2.68. The Labute approximate surface area is 133 Å². The zero-order valence-corrected chi connectivity index (χ0v) is 13.2. The van der Waals surface area contributed by atoms with Crippen molar-refractivity contribution in [1.82, 2.24) is 15.1 Å². The van der Waals surface area contributed by atoms with Gasteiger partial charge in [-0.25, -0.2) is 4.79 Å². The van der Waals surface area contributed by atoms with Crippen LogP contribution in [0, 0.1) is 6.92 Å². The number of fused-ring (bicyclic) bond motifs is 1. The quantitative estimate of drug-likeness (QED) is 0.454. The highest BCUT2D eigenvalue weighted by atomic mass is 32.2. The molecule has 2 aliphatic heterocycles. The second kappa shape index (κ2) is 5.13. The van der Waals surface area contributed by atoms with Crippen LogP contribution in [0.3, 0.4) is 0 Å². The van der Waals surface area contributed by atoms with E-state index in [-0.39, 0.29) is 11.1 Å². The smallest absolute Gasteiger partial charge is 0.353 e. The average molecular weight is 342 g/mol. The van der Waals surface area contributed by atoms with Gasteiger partial charge in [-0.2, -0.15) is 0 Å². The fourth-order valence-electron chi connectivity index (χ4n) is 2.21. The Kier molecular flexibility index (Phi) is 3.56. The highest BCUT2D eigenvalue weighted by molar-refractivity contribution is 8.00. The van der Waals surface area contributed by atoms with Gasteiger partial charge in [0.25, 0.3) is 0 Å². The van der Waals surface area contributed by atoms with Gasteiger partial charge in [-0.3, -0.25) is 9.69 Å². The van der Waals surface area contributed by atoms with Gasteiger partial charge in [0, 0.05) is 11.3 Å². The Morgan fingerprint density at radius 1 is 1.52 bits per heavy atom. The number of rotatable bonds is 3. The van der Waals surface area contributed by atoms with Gasteiger partial charge in [0.05, 0.1) is 4.86 Å². The van der Waals surface area contributed by atoms with E-state index < -0.39 is 17.9 Å². The third-order valence-corrected chi connectivity index (χ3v) is 5.93. The number of carboxylic acids is 1. The largest absolute Gasteiger partial charge is 0.477 e. The summed E-state index contributed by atoms with van der Waals surface area (Å²) in [6.45, 7) is 1.79. The number of hydrogen-bond acceptors (Lipinski definition) is 8. The maximum atomic E-state index is 11.8. The molecule has 0 saturated carbocycles. The van der Waals surface area contributed by atoms with Gasteiger partial charge in [-0.15, -0.1) is 22.0 Å². The van der Waals surface area contributed by atoms with E-state index in [4.69, 9.17) is 18.0 Å². The van der Waals surface area contributed by atoms with Crippen molar-refractivity contribution < 1.29 is 14.7 Å². The van der Waals surface area contributed by atoms with E-state index in [1.807, 2.05) is 0 Å². The molecule has 7 nitrogen and oxygen atoms in total. The van der Waals surface area contributed by atoms with E-state index >= 15 is 0 Å². The molecule has 0 radical (unpaired) electrons. The molecule has 3 rings (SSSR count). The molecule has 0 aliphatic carbocycles. The summed E-state index contributed by atoms with van der Waals surface area (Å²) in [5, 5.41) is 18.2. The van der Waals surface area contributed by atoms with Crippen LogP contribution in [-0.4, -0.2) is 54.1 Å². The summed E-state index contributed by atoms with van der Waals surface area (Å²) in [5.41, 5.74) is 6.04. The van der Waals surface area contributed by atoms with Crippen LogP contribution >= 0.6 is 35.3 Å². The molecule has 0 bridgehead atoms. The first kappa shape index (κ1) is 14.6. The van der Waals surface area contributed by atoms with E-state index in [2.05, 4.69) is 10.2 Å². The second-order valence-electron chi connectivity index (χ2n) is 4.52. The van der Waals surface area contributed by atoms with Crippen LogP contribution in [0.4, 0.5) is 0 Å². The molecule has 1 fully saturated rings. The number of nitrogens with zero attached hydrogens (tertiary/aromatic N) is 3. The first-order chi connectivity index (χ1) is 9.91. The van der Waals surface area contributed by atoms with Gasteiger partial charge in [0.15, 0.2) is 5.01 Å². The lowest BCUT2D eigenvalue weighted by Gasteiger charge is -2.47. The van der Waals surface area contributed by atoms with Gasteiger partial charge in [-0.05, 0) is 6.92 Å². The molecule has 1 amide bonds. The number of carbonyl (C=O) groups excluding carboxylic acids is 1. The predicted octanol–water partition coefficient (Wildman–Crippen LogP) is 0.146.